The van der Waals surface area contributed by atoms with Gasteiger partial charge in [0.2, 0.25) is 17.7 Å². The van der Waals surface area contributed by atoms with Crippen LogP contribution in [-0.4, -0.2) is 23.8 Å². The summed E-state index contributed by atoms with van der Waals surface area (Å²) in [6.45, 7) is 8.12. The molecule has 3 amide bonds. The average Bonchev–Trinajstić information content (AvgIpc) is 3.18. The zero-order valence-corrected chi connectivity index (χ0v) is 18.1. The number of hydrogen-bond donors (Lipinski definition) is 3. The largest absolute Gasteiger partial charge is 0.350 e. The second-order valence-electron chi connectivity index (χ2n) is 8.78. The Morgan fingerprint density at radius 2 is 1.76 bits per heavy atom. The van der Waals surface area contributed by atoms with Gasteiger partial charge < -0.3 is 16.0 Å². The van der Waals surface area contributed by atoms with Crippen molar-refractivity contribution in [2.75, 3.05) is 5.32 Å². The van der Waals surface area contributed by atoms with Crippen LogP contribution in [0.15, 0.2) is 24.3 Å². The molecule has 29 heavy (non-hydrogen) atoms. The predicted molar refractivity (Wildman–Crippen MR) is 115 cm³/mol. The molecule has 0 aromatic heterocycles. The Morgan fingerprint density at radius 1 is 1.07 bits per heavy atom. The maximum atomic E-state index is 12.6. The van der Waals surface area contributed by atoms with Gasteiger partial charge in [-0.1, -0.05) is 52.7 Å². The van der Waals surface area contributed by atoms with Gasteiger partial charge in [0.15, 0.2) is 0 Å². The zero-order valence-electron chi connectivity index (χ0n) is 18.1. The van der Waals surface area contributed by atoms with Crippen molar-refractivity contribution in [3.05, 3.63) is 29.8 Å². The average molecular weight is 402 g/mol. The minimum absolute atomic E-state index is 0.0110. The molecule has 160 valence electrons. The van der Waals surface area contributed by atoms with Crippen LogP contribution in [0.4, 0.5) is 5.69 Å². The Hall–Kier alpha value is -2.37. The maximum Gasteiger partial charge on any atom is 0.243 e. The number of carbonyl (C=O) groups excluding carboxylic acids is 3. The van der Waals surface area contributed by atoms with Crippen LogP contribution in [-0.2, 0) is 20.9 Å². The minimum atomic E-state index is -0.563. The summed E-state index contributed by atoms with van der Waals surface area (Å²) in [5, 5.41) is 8.74. The van der Waals surface area contributed by atoms with Crippen molar-refractivity contribution in [2.45, 2.75) is 72.4 Å². The van der Waals surface area contributed by atoms with E-state index in [1.807, 2.05) is 52.0 Å². The van der Waals surface area contributed by atoms with Crippen LogP contribution in [0.1, 0.15) is 65.4 Å². The molecule has 3 N–H and O–H groups in total. The van der Waals surface area contributed by atoms with Gasteiger partial charge >= 0.3 is 0 Å². The van der Waals surface area contributed by atoms with Crippen LogP contribution in [0.2, 0.25) is 0 Å². The SMILES string of the molecule is CC(C)CC(=O)NC(C(=O)NCc1cccc(NC(=O)C2CCCC2)c1)C(C)C. The summed E-state index contributed by atoms with van der Waals surface area (Å²) in [5.74, 6) is 0.121. The maximum absolute atomic E-state index is 12.6. The van der Waals surface area contributed by atoms with Crippen LogP contribution < -0.4 is 16.0 Å². The second kappa shape index (κ2) is 11.0. The van der Waals surface area contributed by atoms with Crippen LogP contribution in [0.3, 0.4) is 0 Å². The van der Waals surface area contributed by atoms with E-state index < -0.39 is 6.04 Å². The van der Waals surface area contributed by atoms with Gasteiger partial charge in [0.1, 0.15) is 6.04 Å². The predicted octanol–water partition coefficient (Wildman–Crippen LogP) is 3.62. The van der Waals surface area contributed by atoms with Crippen molar-refractivity contribution in [2.24, 2.45) is 17.8 Å². The number of carbonyl (C=O) groups is 3. The number of nitrogens with one attached hydrogen (secondary N) is 3. The molecule has 6 heteroatoms. The Kier molecular flexibility index (Phi) is 8.68. The molecular formula is C23H35N3O3. The van der Waals surface area contributed by atoms with E-state index in [1.165, 1.54) is 0 Å². The third kappa shape index (κ3) is 7.52. The summed E-state index contributed by atoms with van der Waals surface area (Å²) in [6.07, 6.45) is 4.56. The molecule has 1 fully saturated rings. The Labute approximate surface area is 174 Å². The molecule has 1 aliphatic rings. The number of rotatable bonds is 9. The first-order valence-corrected chi connectivity index (χ1v) is 10.7. The van der Waals surface area contributed by atoms with Gasteiger partial charge in [-0.3, -0.25) is 14.4 Å². The molecule has 1 unspecified atom stereocenters. The first kappa shape index (κ1) is 22.9. The smallest absolute Gasteiger partial charge is 0.243 e. The van der Waals surface area contributed by atoms with Gasteiger partial charge in [0.05, 0.1) is 0 Å². The standard InChI is InChI=1S/C23H35N3O3/c1-15(2)12-20(27)26-21(16(3)4)23(29)24-14-17-8-7-11-19(13-17)25-22(28)18-9-5-6-10-18/h7-8,11,13,15-16,18,21H,5-6,9-10,12,14H2,1-4H3,(H,24,29)(H,25,28)(H,26,27). The number of hydrogen-bond acceptors (Lipinski definition) is 3. The molecule has 1 aromatic carbocycles. The third-order valence-electron chi connectivity index (χ3n) is 5.25. The first-order chi connectivity index (χ1) is 13.8. The number of benzene rings is 1. The van der Waals surface area contributed by atoms with Crippen LogP contribution in [0, 0.1) is 17.8 Å². The molecular weight excluding hydrogens is 366 g/mol. The molecule has 1 saturated carbocycles. The van der Waals surface area contributed by atoms with Crippen molar-refractivity contribution in [3.63, 3.8) is 0 Å². The Morgan fingerprint density at radius 3 is 2.38 bits per heavy atom. The topological polar surface area (TPSA) is 87.3 Å². The molecule has 0 aliphatic heterocycles. The molecule has 0 spiro atoms. The van der Waals surface area contributed by atoms with Crippen LogP contribution >= 0.6 is 0 Å². The number of amides is 3. The monoisotopic (exact) mass is 401 g/mol. The molecule has 0 saturated heterocycles. The fourth-order valence-corrected chi connectivity index (χ4v) is 3.63. The normalized spacial score (nSPS) is 15.4. The van der Waals surface area contributed by atoms with Gasteiger partial charge in [-0.25, -0.2) is 0 Å². The fraction of sp³-hybridized carbons (Fsp3) is 0.609. The highest BCUT2D eigenvalue weighted by Gasteiger charge is 2.24. The van der Waals surface area contributed by atoms with E-state index >= 15 is 0 Å². The zero-order chi connectivity index (χ0) is 21.4. The Bertz CT molecular complexity index is 709. The lowest BCUT2D eigenvalue weighted by atomic mass is 10.0. The van der Waals surface area contributed by atoms with Crippen molar-refractivity contribution in [1.29, 1.82) is 0 Å². The molecule has 0 bridgehead atoms. The van der Waals surface area contributed by atoms with Crippen molar-refractivity contribution in [3.8, 4) is 0 Å². The lowest BCUT2D eigenvalue weighted by Crippen LogP contribution is -2.49. The van der Waals surface area contributed by atoms with Gasteiger partial charge in [0, 0.05) is 24.6 Å². The van der Waals surface area contributed by atoms with Gasteiger partial charge in [-0.2, -0.15) is 0 Å². The van der Waals surface area contributed by atoms with Gasteiger partial charge in [-0.05, 0) is 42.4 Å². The van der Waals surface area contributed by atoms with Crippen LogP contribution in [0.25, 0.3) is 0 Å². The quantitative estimate of drug-likeness (QED) is 0.591. The highest BCUT2D eigenvalue weighted by atomic mass is 16.2. The van der Waals surface area contributed by atoms with Crippen molar-refractivity contribution < 1.29 is 14.4 Å². The van der Waals surface area contributed by atoms with E-state index in [0.29, 0.717) is 13.0 Å². The number of anilines is 1. The van der Waals surface area contributed by atoms with E-state index in [9.17, 15) is 14.4 Å². The summed E-state index contributed by atoms with van der Waals surface area (Å²) < 4.78 is 0. The van der Waals surface area contributed by atoms with E-state index in [-0.39, 0.29) is 35.5 Å². The van der Waals surface area contributed by atoms with Crippen molar-refractivity contribution >= 4 is 23.4 Å². The second-order valence-corrected chi connectivity index (χ2v) is 8.78. The van der Waals surface area contributed by atoms with E-state index in [2.05, 4.69) is 16.0 Å². The molecule has 1 aromatic rings. The molecule has 1 atom stereocenters. The molecule has 0 heterocycles. The van der Waals surface area contributed by atoms with E-state index in [0.717, 1.165) is 36.9 Å². The summed E-state index contributed by atoms with van der Waals surface area (Å²) in [4.78, 5) is 37.0. The highest BCUT2D eigenvalue weighted by Crippen LogP contribution is 2.26. The summed E-state index contributed by atoms with van der Waals surface area (Å²) >= 11 is 0. The lowest BCUT2D eigenvalue weighted by Gasteiger charge is -2.22. The van der Waals surface area contributed by atoms with Crippen LogP contribution in [0.5, 0.6) is 0 Å². The molecule has 1 aliphatic carbocycles. The highest BCUT2D eigenvalue weighted by molar-refractivity contribution is 5.92. The summed E-state index contributed by atoms with van der Waals surface area (Å²) in [7, 11) is 0. The Balaban J connectivity index is 1.90. The first-order valence-electron chi connectivity index (χ1n) is 10.7. The fourth-order valence-electron chi connectivity index (χ4n) is 3.63. The van der Waals surface area contributed by atoms with Gasteiger partial charge in [0.25, 0.3) is 0 Å². The van der Waals surface area contributed by atoms with E-state index in [4.69, 9.17) is 0 Å². The third-order valence-corrected chi connectivity index (χ3v) is 5.25. The minimum Gasteiger partial charge on any atom is -0.350 e. The molecule has 0 radical (unpaired) electrons. The molecule has 6 nitrogen and oxygen atoms in total. The van der Waals surface area contributed by atoms with E-state index in [1.54, 1.807) is 0 Å². The van der Waals surface area contributed by atoms with Crippen molar-refractivity contribution in [1.82, 2.24) is 10.6 Å². The summed E-state index contributed by atoms with van der Waals surface area (Å²) in [6, 6.07) is 6.96. The molecule has 2 rings (SSSR count). The lowest BCUT2D eigenvalue weighted by molar-refractivity contribution is -0.130. The summed E-state index contributed by atoms with van der Waals surface area (Å²) in [5.41, 5.74) is 1.65. The van der Waals surface area contributed by atoms with Gasteiger partial charge in [-0.15, -0.1) is 0 Å².